The van der Waals surface area contributed by atoms with Crippen LogP contribution in [0.25, 0.3) is 33.4 Å². The fourth-order valence-corrected chi connectivity index (χ4v) is 3.94. The van der Waals surface area contributed by atoms with Crippen LogP contribution in [0.5, 0.6) is 0 Å². The number of nitrogens with zero attached hydrogens (tertiary/aromatic N) is 4. The second kappa shape index (κ2) is 8.63. The highest BCUT2D eigenvalue weighted by Gasteiger charge is 2.24. The molecule has 1 amide bonds. The van der Waals surface area contributed by atoms with Crippen molar-refractivity contribution in [2.24, 2.45) is 5.73 Å². The van der Waals surface area contributed by atoms with Crippen molar-refractivity contribution in [3.63, 3.8) is 0 Å². The van der Waals surface area contributed by atoms with E-state index in [-0.39, 0.29) is 12.2 Å². The summed E-state index contributed by atoms with van der Waals surface area (Å²) in [4.78, 5) is 21.4. The Bertz CT molecular complexity index is 1430. The van der Waals surface area contributed by atoms with Crippen LogP contribution in [0.15, 0.2) is 91.4 Å². The molecule has 0 fully saturated rings. The van der Waals surface area contributed by atoms with E-state index in [1.807, 2.05) is 54.7 Å². The lowest BCUT2D eigenvalue weighted by Gasteiger charge is -2.14. The van der Waals surface area contributed by atoms with E-state index >= 15 is 0 Å². The molecule has 33 heavy (non-hydrogen) atoms. The zero-order valence-corrected chi connectivity index (χ0v) is 17.6. The van der Waals surface area contributed by atoms with Crippen LogP contribution in [-0.2, 0) is 11.2 Å². The summed E-state index contributed by atoms with van der Waals surface area (Å²) in [5.74, 6) is -0.863. The van der Waals surface area contributed by atoms with Gasteiger partial charge in [-0.3, -0.25) is 19.4 Å². The number of rotatable bonds is 6. The minimum Gasteiger partial charge on any atom is -0.368 e. The molecule has 0 aliphatic rings. The number of aromatic nitrogens is 4. The van der Waals surface area contributed by atoms with Gasteiger partial charge in [0.1, 0.15) is 17.6 Å². The van der Waals surface area contributed by atoms with Crippen molar-refractivity contribution in [1.82, 2.24) is 19.7 Å². The lowest BCUT2D eigenvalue weighted by molar-refractivity contribution is -0.121. The van der Waals surface area contributed by atoms with E-state index in [2.05, 4.69) is 9.97 Å². The number of nitrogens with two attached hydrogens (primary N) is 1. The number of primary amides is 1. The minimum absolute atomic E-state index is 0.287. The number of amides is 1. The monoisotopic (exact) mass is 437 g/mol. The zero-order valence-electron chi connectivity index (χ0n) is 17.6. The van der Waals surface area contributed by atoms with E-state index in [9.17, 15) is 9.18 Å². The first kappa shape index (κ1) is 20.5. The predicted octanol–water partition coefficient (Wildman–Crippen LogP) is 4.57. The van der Waals surface area contributed by atoms with Gasteiger partial charge in [-0.15, -0.1) is 0 Å². The molecule has 0 bridgehead atoms. The third-order valence-corrected chi connectivity index (χ3v) is 5.57. The maximum Gasteiger partial charge on any atom is 0.242 e. The molecular formula is C26H20FN5O. The van der Waals surface area contributed by atoms with Gasteiger partial charge in [-0.25, -0.2) is 4.39 Å². The van der Waals surface area contributed by atoms with Crippen LogP contribution >= 0.6 is 0 Å². The Balaban J connectivity index is 1.67. The number of halogens is 1. The number of fused-ring (bicyclic) bond motifs is 1. The molecule has 1 atom stereocenters. The van der Waals surface area contributed by atoms with Gasteiger partial charge in [0.25, 0.3) is 0 Å². The highest BCUT2D eigenvalue weighted by atomic mass is 19.1. The van der Waals surface area contributed by atoms with Crippen molar-refractivity contribution in [2.75, 3.05) is 0 Å². The Morgan fingerprint density at radius 3 is 2.45 bits per heavy atom. The molecular weight excluding hydrogens is 417 g/mol. The quantitative estimate of drug-likeness (QED) is 0.422. The zero-order chi connectivity index (χ0) is 22.8. The lowest BCUT2D eigenvalue weighted by Crippen LogP contribution is -2.28. The Labute approximate surface area is 189 Å². The summed E-state index contributed by atoms with van der Waals surface area (Å²) in [6, 6.07) is 20.6. The Morgan fingerprint density at radius 1 is 0.909 bits per heavy atom. The van der Waals surface area contributed by atoms with E-state index < -0.39 is 11.9 Å². The summed E-state index contributed by atoms with van der Waals surface area (Å²) >= 11 is 0. The Kier molecular flexibility index (Phi) is 5.36. The van der Waals surface area contributed by atoms with Gasteiger partial charge >= 0.3 is 0 Å². The highest BCUT2D eigenvalue weighted by Crippen LogP contribution is 2.35. The third-order valence-electron chi connectivity index (χ3n) is 5.57. The molecule has 2 aromatic carbocycles. The van der Waals surface area contributed by atoms with E-state index in [1.165, 1.54) is 12.1 Å². The molecule has 0 aliphatic carbocycles. The van der Waals surface area contributed by atoms with E-state index in [1.54, 1.807) is 29.2 Å². The maximum absolute atomic E-state index is 13.3. The SMILES string of the molecule is NC(=O)C(Cc1ccc(F)cc1)n1cc(-c2ccnc3ccccc23)c(-c2ccccn2)n1. The first-order valence-electron chi connectivity index (χ1n) is 10.5. The number of pyridine rings is 2. The molecule has 0 saturated carbocycles. The molecule has 2 N–H and O–H groups in total. The van der Waals surface area contributed by atoms with Gasteiger partial charge in [0.05, 0.1) is 11.2 Å². The van der Waals surface area contributed by atoms with Crippen LogP contribution in [0.4, 0.5) is 4.39 Å². The van der Waals surface area contributed by atoms with Gasteiger partial charge in [0, 0.05) is 36.0 Å². The highest BCUT2D eigenvalue weighted by molar-refractivity contribution is 5.97. The maximum atomic E-state index is 13.3. The number of carbonyl (C=O) groups excluding carboxylic acids is 1. The molecule has 162 valence electrons. The molecule has 0 radical (unpaired) electrons. The summed E-state index contributed by atoms with van der Waals surface area (Å²) < 4.78 is 14.9. The van der Waals surface area contributed by atoms with Crippen LogP contribution in [0.1, 0.15) is 11.6 Å². The second-order valence-electron chi connectivity index (χ2n) is 7.71. The number of hydrogen-bond acceptors (Lipinski definition) is 4. The third kappa shape index (κ3) is 4.08. The van der Waals surface area contributed by atoms with Crippen LogP contribution in [0, 0.1) is 5.82 Å². The molecule has 0 aliphatic heterocycles. The standard InChI is InChI=1S/C26H20FN5O/c27-18-10-8-17(9-11-18)15-24(26(28)33)32-16-21(25(31-32)23-7-3-4-13-29-23)19-12-14-30-22-6-2-1-5-20(19)22/h1-14,16,24H,15H2,(H2,28,33). The fraction of sp³-hybridized carbons (Fsp3) is 0.0769. The molecule has 0 spiro atoms. The van der Waals surface area contributed by atoms with Crippen molar-refractivity contribution in [3.05, 3.63) is 103 Å². The van der Waals surface area contributed by atoms with Crippen LogP contribution in [0.2, 0.25) is 0 Å². The molecule has 7 heteroatoms. The summed E-state index contributed by atoms with van der Waals surface area (Å²) in [5.41, 5.74) is 10.5. The first-order valence-corrected chi connectivity index (χ1v) is 10.5. The van der Waals surface area contributed by atoms with Crippen LogP contribution in [-0.4, -0.2) is 25.7 Å². The van der Waals surface area contributed by atoms with Crippen molar-refractivity contribution in [3.8, 4) is 22.5 Å². The summed E-state index contributed by atoms with van der Waals surface area (Å²) in [5, 5.41) is 5.72. The Hall–Kier alpha value is -4.39. The number of carbonyl (C=O) groups is 1. The van der Waals surface area contributed by atoms with Crippen molar-refractivity contribution >= 4 is 16.8 Å². The summed E-state index contributed by atoms with van der Waals surface area (Å²) in [7, 11) is 0. The topological polar surface area (TPSA) is 86.7 Å². The van der Waals surface area contributed by atoms with Gasteiger partial charge in [0.2, 0.25) is 5.91 Å². The molecule has 3 heterocycles. The van der Waals surface area contributed by atoms with E-state index in [0.717, 1.165) is 27.6 Å². The fourth-order valence-electron chi connectivity index (χ4n) is 3.94. The first-order chi connectivity index (χ1) is 16.1. The molecule has 3 aromatic heterocycles. The lowest BCUT2D eigenvalue weighted by atomic mass is 10.0. The summed E-state index contributed by atoms with van der Waals surface area (Å²) in [6.45, 7) is 0. The molecule has 6 nitrogen and oxygen atoms in total. The normalized spacial score (nSPS) is 12.0. The van der Waals surface area contributed by atoms with Gasteiger partial charge in [-0.05, 0) is 47.5 Å². The molecule has 1 unspecified atom stereocenters. The van der Waals surface area contributed by atoms with Gasteiger partial charge in [-0.2, -0.15) is 5.10 Å². The smallest absolute Gasteiger partial charge is 0.242 e. The average Bonchev–Trinajstić information content (AvgIpc) is 3.28. The molecule has 0 saturated heterocycles. The predicted molar refractivity (Wildman–Crippen MR) is 125 cm³/mol. The van der Waals surface area contributed by atoms with E-state index in [0.29, 0.717) is 11.4 Å². The number of benzene rings is 2. The largest absolute Gasteiger partial charge is 0.368 e. The van der Waals surface area contributed by atoms with Gasteiger partial charge in [0.15, 0.2) is 0 Å². The summed E-state index contributed by atoms with van der Waals surface area (Å²) in [6.07, 6.45) is 5.56. The van der Waals surface area contributed by atoms with Crippen molar-refractivity contribution < 1.29 is 9.18 Å². The van der Waals surface area contributed by atoms with Gasteiger partial charge < -0.3 is 5.73 Å². The Morgan fingerprint density at radius 2 is 1.70 bits per heavy atom. The minimum atomic E-state index is -0.750. The molecule has 5 aromatic rings. The number of hydrogen-bond donors (Lipinski definition) is 1. The van der Waals surface area contributed by atoms with Crippen molar-refractivity contribution in [1.29, 1.82) is 0 Å². The van der Waals surface area contributed by atoms with Gasteiger partial charge in [-0.1, -0.05) is 36.4 Å². The molecule has 5 rings (SSSR count). The van der Waals surface area contributed by atoms with Crippen LogP contribution in [0.3, 0.4) is 0 Å². The van der Waals surface area contributed by atoms with E-state index in [4.69, 9.17) is 10.8 Å². The van der Waals surface area contributed by atoms with Crippen molar-refractivity contribution in [2.45, 2.75) is 12.5 Å². The second-order valence-corrected chi connectivity index (χ2v) is 7.71. The van der Waals surface area contributed by atoms with Crippen LogP contribution < -0.4 is 5.73 Å². The number of para-hydroxylation sites is 1. The average molecular weight is 437 g/mol.